The SMILES string of the molecule is O=CN1CCNCC1.c1ccc2nc3ccccc3nc2c1. The van der Waals surface area contributed by atoms with E-state index in [2.05, 4.69) is 15.3 Å². The number of rotatable bonds is 1. The fourth-order valence-corrected chi connectivity index (χ4v) is 2.35. The lowest BCUT2D eigenvalue weighted by atomic mass is 10.2. The van der Waals surface area contributed by atoms with Crippen molar-refractivity contribution in [2.24, 2.45) is 0 Å². The Bertz CT molecular complexity index is 664. The van der Waals surface area contributed by atoms with Crippen molar-refractivity contribution in [3.8, 4) is 0 Å². The van der Waals surface area contributed by atoms with E-state index in [1.807, 2.05) is 48.5 Å². The molecule has 0 radical (unpaired) electrons. The van der Waals surface area contributed by atoms with Crippen LogP contribution in [-0.2, 0) is 4.79 Å². The summed E-state index contributed by atoms with van der Waals surface area (Å²) in [5.74, 6) is 0. The molecule has 0 atom stereocenters. The van der Waals surface area contributed by atoms with Crippen molar-refractivity contribution in [1.29, 1.82) is 0 Å². The van der Waals surface area contributed by atoms with E-state index in [1.165, 1.54) is 0 Å². The molecule has 0 spiro atoms. The second-order valence-electron chi connectivity index (χ2n) is 5.09. The minimum Gasteiger partial charge on any atom is -0.343 e. The van der Waals surface area contributed by atoms with Gasteiger partial charge in [0.05, 0.1) is 22.1 Å². The maximum atomic E-state index is 10.1. The van der Waals surface area contributed by atoms with Crippen molar-refractivity contribution in [3.63, 3.8) is 0 Å². The highest BCUT2D eigenvalue weighted by molar-refractivity contribution is 5.85. The van der Waals surface area contributed by atoms with Crippen LogP contribution in [0.25, 0.3) is 22.1 Å². The van der Waals surface area contributed by atoms with E-state index in [4.69, 9.17) is 0 Å². The molecule has 112 valence electrons. The third kappa shape index (κ3) is 3.38. The Morgan fingerprint density at radius 1 is 0.818 bits per heavy atom. The van der Waals surface area contributed by atoms with Crippen molar-refractivity contribution in [2.45, 2.75) is 0 Å². The van der Waals surface area contributed by atoms with Crippen molar-refractivity contribution >= 4 is 28.5 Å². The number of carbonyl (C=O) groups is 1. The monoisotopic (exact) mass is 294 g/mol. The fourth-order valence-electron chi connectivity index (χ4n) is 2.35. The van der Waals surface area contributed by atoms with Gasteiger partial charge in [0.25, 0.3) is 0 Å². The first-order chi connectivity index (χ1) is 10.9. The van der Waals surface area contributed by atoms with Crippen LogP contribution in [0.15, 0.2) is 48.5 Å². The van der Waals surface area contributed by atoms with E-state index in [0.29, 0.717) is 0 Å². The molecule has 5 heteroatoms. The lowest BCUT2D eigenvalue weighted by Crippen LogP contribution is -2.42. The third-order valence-electron chi connectivity index (χ3n) is 3.55. The van der Waals surface area contributed by atoms with Crippen LogP contribution in [0.4, 0.5) is 0 Å². The number of hydrogen-bond donors (Lipinski definition) is 1. The number of para-hydroxylation sites is 4. The van der Waals surface area contributed by atoms with Gasteiger partial charge >= 0.3 is 0 Å². The molecule has 1 aliphatic rings. The van der Waals surface area contributed by atoms with E-state index in [-0.39, 0.29) is 0 Å². The highest BCUT2D eigenvalue weighted by Gasteiger charge is 2.04. The van der Waals surface area contributed by atoms with Crippen LogP contribution in [0.1, 0.15) is 0 Å². The van der Waals surface area contributed by atoms with E-state index in [0.717, 1.165) is 54.7 Å². The molecule has 4 rings (SSSR count). The van der Waals surface area contributed by atoms with E-state index >= 15 is 0 Å². The van der Waals surface area contributed by atoms with Crippen molar-refractivity contribution in [2.75, 3.05) is 26.2 Å². The van der Waals surface area contributed by atoms with Crippen molar-refractivity contribution in [1.82, 2.24) is 20.2 Å². The van der Waals surface area contributed by atoms with Crippen molar-refractivity contribution in [3.05, 3.63) is 48.5 Å². The minimum atomic E-state index is 0.865. The normalized spacial score (nSPS) is 14.5. The van der Waals surface area contributed by atoms with E-state index < -0.39 is 0 Å². The van der Waals surface area contributed by atoms with Gasteiger partial charge < -0.3 is 10.2 Å². The summed E-state index contributed by atoms with van der Waals surface area (Å²) in [5.41, 5.74) is 3.80. The first kappa shape index (κ1) is 14.4. The first-order valence-electron chi connectivity index (χ1n) is 7.38. The number of carbonyl (C=O) groups excluding carboxylic acids is 1. The summed E-state index contributed by atoms with van der Waals surface area (Å²) in [6, 6.07) is 15.8. The maximum absolute atomic E-state index is 10.1. The van der Waals surface area contributed by atoms with Gasteiger partial charge in [-0.1, -0.05) is 24.3 Å². The largest absolute Gasteiger partial charge is 0.343 e. The Morgan fingerprint density at radius 3 is 1.55 bits per heavy atom. The van der Waals surface area contributed by atoms with Gasteiger partial charge in [0.2, 0.25) is 6.41 Å². The second kappa shape index (κ2) is 6.95. The molecule has 2 heterocycles. The molecule has 1 aliphatic heterocycles. The number of nitrogens with one attached hydrogen (secondary N) is 1. The third-order valence-corrected chi connectivity index (χ3v) is 3.55. The predicted octanol–water partition coefficient (Wildman–Crippen LogP) is 1.83. The van der Waals surface area contributed by atoms with Gasteiger partial charge in [-0.15, -0.1) is 0 Å². The number of fused-ring (bicyclic) bond motifs is 2. The summed E-state index contributed by atoms with van der Waals surface area (Å²) in [4.78, 5) is 20.9. The standard InChI is InChI=1S/C12H8N2.C5H10N2O/c1-2-6-10-9(5-1)13-11-7-3-4-8-12(11)14-10;8-5-7-3-1-6-2-4-7/h1-8H;5-6H,1-4H2. The van der Waals surface area contributed by atoms with Crippen LogP contribution in [-0.4, -0.2) is 47.5 Å². The zero-order chi connectivity index (χ0) is 15.2. The van der Waals surface area contributed by atoms with Gasteiger partial charge in [-0.05, 0) is 24.3 Å². The molecule has 1 N–H and O–H groups in total. The molecule has 0 bridgehead atoms. The lowest BCUT2D eigenvalue weighted by Gasteiger charge is -2.22. The molecule has 1 fully saturated rings. The number of nitrogens with zero attached hydrogens (tertiary/aromatic N) is 3. The molecule has 1 amide bonds. The average Bonchev–Trinajstić information content (AvgIpc) is 2.61. The van der Waals surface area contributed by atoms with Crippen LogP contribution in [0, 0.1) is 0 Å². The molecule has 0 unspecified atom stereocenters. The number of aromatic nitrogens is 2. The summed E-state index contributed by atoms with van der Waals surface area (Å²) >= 11 is 0. The van der Waals surface area contributed by atoms with Gasteiger partial charge in [0.1, 0.15) is 0 Å². The topological polar surface area (TPSA) is 58.1 Å². The van der Waals surface area contributed by atoms with Crippen molar-refractivity contribution < 1.29 is 4.79 Å². The zero-order valence-corrected chi connectivity index (χ0v) is 12.3. The van der Waals surface area contributed by atoms with Gasteiger partial charge in [0.15, 0.2) is 0 Å². The van der Waals surface area contributed by atoms with Crippen LogP contribution in [0.2, 0.25) is 0 Å². The number of hydrogen-bond acceptors (Lipinski definition) is 4. The molecule has 22 heavy (non-hydrogen) atoms. The Morgan fingerprint density at radius 2 is 1.23 bits per heavy atom. The van der Waals surface area contributed by atoms with Crippen LogP contribution < -0.4 is 5.32 Å². The first-order valence-corrected chi connectivity index (χ1v) is 7.38. The molecule has 5 nitrogen and oxygen atoms in total. The van der Waals surface area contributed by atoms with E-state index in [9.17, 15) is 4.79 Å². The van der Waals surface area contributed by atoms with Gasteiger partial charge in [-0.3, -0.25) is 4.79 Å². The van der Waals surface area contributed by atoms with Crippen LogP contribution in [0.5, 0.6) is 0 Å². The predicted molar refractivity (Wildman–Crippen MR) is 87.6 cm³/mol. The summed E-state index contributed by atoms with van der Waals surface area (Å²) < 4.78 is 0. The molecule has 1 aromatic heterocycles. The molecular weight excluding hydrogens is 276 g/mol. The maximum Gasteiger partial charge on any atom is 0.209 e. The molecule has 1 saturated heterocycles. The Kier molecular flexibility index (Phi) is 4.56. The number of benzene rings is 2. The van der Waals surface area contributed by atoms with Crippen LogP contribution >= 0.6 is 0 Å². The fraction of sp³-hybridized carbons (Fsp3) is 0.235. The second-order valence-corrected chi connectivity index (χ2v) is 5.09. The number of piperazine rings is 1. The van der Waals surface area contributed by atoms with Gasteiger partial charge in [-0.2, -0.15) is 0 Å². The van der Waals surface area contributed by atoms with Gasteiger partial charge in [0, 0.05) is 26.2 Å². The van der Waals surface area contributed by atoms with Crippen LogP contribution in [0.3, 0.4) is 0 Å². The Labute approximate surface area is 129 Å². The Hall–Kier alpha value is -2.53. The van der Waals surface area contributed by atoms with E-state index in [1.54, 1.807) is 4.90 Å². The Balaban J connectivity index is 0.000000154. The molecule has 0 aliphatic carbocycles. The highest BCUT2D eigenvalue weighted by atomic mass is 16.1. The zero-order valence-electron chi connectivity index (χ0n) is 12.3. The molecule has 2 aromatic carbocycles. The smallest absolute Gasteiger partial charge is 0.209 e. The number of amides is 1. The summed E-state index contributed by atoms with van der Waals surface area (Å²) in [7, 11) is 0. The quantitative estimate of drug-likeness (QED) is 0.549. The average molecular weight is 294 g/mol. The molecule has 0 saturated carbocycles. The lowest BCUT2D eigenvalue weighted by molar-refractivity contribution is -0.118. The minimum absolute atomic E-state index is 0.865. The summed E-state index contributed by atoms with van der Waals surface area (Å²) in [6.45, 7) is 3.62. The molecule has 3 aromatic rings. The highest BCUT2D eigenvalue weighted by Crippen LogP contribution is 2.14. The summed E-state index contributed by atoms with van der Waals surface area (Å²) in [6.07, 6.45) is 0.904. The van der Waals surface area contributed by atoms with Gasteiger partial charge in [-0.25, -0.2) is 9.97 Å². The molecular formula is C17H18N4O. The summed E-state index contributed by atoms with van der Waals surface area (Å²) in [5, 5.41) is 3.15.